The highest BCUT2D eigenvalue weighted by Gasteiger charge is 2.01. The molecule has 2 aromatic rings. The van der Waals surface area contributed by atoms with Crippen molar-refractivity contribution >= 4 is 17.5 Å². The summed E-state index contributed by atoms with van der Waals surface area (Å²) in [6, 6.07) is 8.40. The van der Waals surface area contributed by atoms with Crippen LogP contribution in [0.25, 0.3) is 0 Å². The van der Waals surface area contributed by atoms with E-state index in [1.807, 2.05) is 0 Å². The van der Waals surface area contributed by atoms with Gasteiger partial charge in [-0.3, -0.25) is 0 Å². The van der Waals surface area contributed by atoms with Gasteiger partial charge in [0.1, 0.15) is 5.01 Å². The molecule has 0 spiro atoms. The minimum atomic E-state index is 0.372. The Kier molecular flexibility index (Phi) is 2.45. The Balaban J connectivity index is 2.15. The van der Waals surface area contributed by atoms with Crippen molar-refractivity contribution in [2.45, 2.75) is 13.3 Å². The van der Waals surface area contributed by atoms with Gasteiger partial charge in [-0.15, -0.1) is 0 Å². The fraction of sp³-hybridized carbons (Fsp3) is 0.200. The zero-order valence-corrected chi connectivity index (χ0v) is 8.71. The maximum absolute atomic E-state index is 5.44. The highest BCUT2D eigenvalue weighted by Crippen LogP contribution is 2.12. The second kappa shape index (κ2) is 3.75. The molecule has 1 aromatic heterocycles. The third-order valence-corrected chi connectivity index (χ3v) is 2.68. The quantitative estimate of drug-likeness (QED) is 0.816. The fourth-order valence-corrected chi connectivity index (χ4v) is 1.83. The van der Waals surface area contributed by atoms with E-state index in [-0.39, 0.29) is 0 Å². The maximum atomic E-state index is 5.44. The summed E-state index contributed by atoms with van der Waals surface area (Å²) < 4.78 is 3.94. The number of rotatable bonds is 2. The molecule has 72 valence electrons. The van der Waals surface area contributed by atoms with E-state index in [1.165, 1.54) is 22.7 Å². The maximum Gasteiger partial charge on any atom is 0.232 e. The molecule has 0 amide bonds. The number of hydrogen-bond donors (Lipinski definition) is 1. The number of nitrogens with two attached hydrogens (primary N) is 1. The van der Waals surface area contributed by atoms with Crippen molar-refractivity contribution in [3.05, 3.63) is 40.4 Å². The van der Waals surface area contributed by atoms with Crippen LogP contribution in [0.2, 0.25) is 0 Å². The van der Waals surface area contributed by atoms with Crippen molar-refractivity contribution in [1.82, 2.24) is 9.36 Å². The van der Waals surface area contributed by atoms with Crippen molar-refractivity contribution in [2.24, 2.45) is 0 Å². The summed E-state index contributed by atoms with van der Waals surface area (Å²) in [5.74, 6) is 0.372. The first-order valence-corrected chi connectivity index (χ1v) is 5.15. The van der Waals surface area contributed by atoms with E-state index in [0.717, 1.165) is 11.4 Å². The first-order valence-electron chi connectivity index (χ1n) is 4.37. The summed E-state index contributed by atoms with van der Waals surface area (Å²) in [6.07, 6.45) is 0.815. The van der Waals surface area contributed by atoms with Gasteiger partial charge in [-0.1, -0.05) is 29.8 Å². The van der Waals surface area contributed by atoms with Crippen molar-refractivity contribution in [2.75, 3.05) is 5.73 Å². The highest BCUT2D eigenvalue weighted by molar-refractivity contribution is 7.05. The molecule has 0 atom stereocenters. The van der Waals surface area contributed by atoms with Crippen molar-refractivity contribution in [1.29, 1.82) is 0 Å². The second-order valence-electron chi connectivity index (χ2n) is 3.21. The first kappa shape index (κ1) is 9.15. The molecule has 2 rings (SSSR count). The van der Waals surface area contributed by atoms with Crippen LogP contribution in [0.15, 0.2) is 24.3 Å². The molecule has 0 radical (unpaired) electrons. The molecule has 0 aliphatic rings. The van der Waals surface area contributed by atoms with Crippen molar-refractivity contribution in [3.8, 4) is 0 Å². The Morgan fingerprint density at radius 3 is 2.57 bits per heavy atom. The normalized spacial score (nSPS) is 10.4. The highest BCUT2D eigenvalue weighted by atomic mass is 32.1. The Bertz CT molecular complexity index is 419. The lowest BCUT2D eigenvalue weighted by molar-refractivity contribution is 1.13. The Hall–Kier alpha value is -1.42. The molecule has 4 heteroatoms. The molecule has 0 aliphatic carbocycles. The SMILES string of the molecule is Cc1ccc(Cc2nc(N)ns2)cc1. The van der Waals surface area contributed by atoms with Crippen LogP contribution >= 0.6 is 11.5 Å². The lowest BCUT2D eigenvalue weighted by Gasteiger charge is -1.97. The predicted octanol–water partition coefficient (Wildman–Crippen LogP) is 2.02. The average molecular weight is 205 g/mol. The molecule has 14 heavy (non-hydrogen) atoms. The summed E-state index contributed by atoms with van der Waals surface area (Å²) in [7, 11) is 0. The van der Waals surface area contributed by atoms with Crippen molar-refractivity contribution < 1.29 is 0 Å². The van der Waals surface area contributed by atoms with Crippen LogP contribution < -0.4 is 5.73 Å². The van der Waals surface area contributed by atoms with Crippen LogP contribution in [0.1, 0.15) is 16.1 Å². The van der Waals surface area contributed by atoms with Gasteiger partial charge in [0, 0.05) is 6.42 Å². The summed E-state index contributed by atoms with van der Waals surface area (Å²) in [5, 5.41) is 0.964. The largest absolute Gasteiger partial charge is 0.367 e. The van der Waals surface area contributed by atoms with E-state index in [9.17, 15) is 0 Å². The van der Waals surface area contributed by atoms with Gasteiger partial charge in [-0.25, -0.2) is 4.98 Å². The standard InChI is InChI=1S/C10H11N3S/c1-7-2-4-8(5-3-7)6-9-12-10(11)13-14-9/h2-5H,6H2,1H3,(H2,11,13). The van der Waals surface area contributed by atoms with Gasteiger partial charge in [-0.2, -0.15) is 4.37 Å². The minimum absolute atomic E-state index is 0.372. The van der Waals surface area contributed by atoms with Gasteiger partial charge in [0.2, 0.25) is 5.95 Å². The van der Waals surface area contributed by atoms with Gasteiger partial charge >= 0.3 is 0 Å². The Morgan fingerprint density at radius 2 is 2.00 bits per heavy atom. The van der Waals surface area contributed by atoms with Crippen LogP contribution in [0.5, 0.6) is 0 Å². The van der Waals surface area contributed by atoms with Gasteiger partial charge < -0.3 is 5.73 Å². The molecule has 0 aliphatic heterocycles. The fourth-order valence-electron chi connectivity index (χ4n) is 1.22. The molecule has 0 bridgehead atoms. The van der Waals surface area contributed by atoms with Crippen LogP contribution in [-0.4, -0.2) is 9.36 Å². The third kappa shape index (κ3) is 2.09. The second-order valence-corrected chi connectivity index (χ2v) is 4.05. The lowest BCUT2D eigenvalue weighted by atomic mass is 10.1. The van der Waals surface area contributed by atoms with Crippen molar-refractivity contribution in [3.63, 3.8) is 0 Å². The molecule has 0 fully saturated rings. The zero-order chi connectivity index (χ0) is 9.97. The number of aromatic nitrogens is 2. The smallest absolute Gasteiger partial charge is 0.232 e. The third-order valence-electron chi connectivity index (χ3n) is 1.96. The molecule has 2 N–H and O–H groups in total. The number of benzene rings is 1. The van der Waals surface area contributed by atoms with Gasteiger partial charge in [0.25, 0.3) is 0 Å². The molecule has 3 nitrogen and oxygen atoms in total. The predicted molar refractivity (Wildman–Crippen MR) is 58.3 cm³/mol. The van der Waals surface area contributed by atoms with Gasteiger partial charge in [0.15, 0.2) is 0 Å². The monoisotopic (exact) mass is 205 g/mol. The number of anilines is 1. The Labute approximate surface area is 86.8 Å². The van der Waals surface area contributed by atoms with Crippen LogP contribution in [0.3, 0.4) is 0 Å². The summed E-state index contributed by atoms with van der Waals surface area (Å²) in [5.41, 5.74) is 7.96. The summed E-state index contributed by atoms with van der Waals surface area (Å²) in [4.78, 5) is 4.11. The van der Waals surface area contributed by atoms with E-state index >= 15 is 0 Å². The van der Waals surface area contributed by atoms with E-state index in [0.29, 0.717) is 5.95 Å². The first-order chi connectivity index (χ1) is 6.74. The molecule has 0 saturated carbocycles. The molecule has 0 unspecified atom stereocenters. The van der Waals surface area contributed by atoms with E-state index in [1.54, 1.807) is 0 Å². The van der Waals surface area contributed by atoms with Crippen LogP contribution in [-0.2, 0) is 6.42 Å². The number of hydrogen-bond acceptors (Lipinski definition) is 4. The van der Waals surface area contributed by atoms with E-state index in [2.05, 4.69) is 40.5 Å². The zero-order valence-electron chi connectivity index (χ0n) is 7.90. The number of nitrogen functional groups attached to an aromatic ring is 1. The molecular formula is C10H11N3S. The van der Waals surface area contributed by atoms with Crippen LogP contribution in [0, 0.1) is 6.92 Å². The molecule has 1 heterocycles. The number of nitrogens with zero attached hydrogens (tertiary/aromatic N) is 2. The molecule has 0 saturated heterocycles. The lowest BCUT2D eigenvalue weighted by Crippen LogP contribution is -1.89. The van der Waals surface area contributed by atoms with E-state index < -0.39 is 0 Å². The van der Waals surface area contributed by atoms with Gasteiger partial charge in [0.05, 0.1) is 0 Å². The van der Waals surface area contributed by atoms with Crippen LogP contribution in [0.4, 0.5) is 5.95 Å². The van der Waals surface area contributed by atoms with E-state index in [4.69, 9.17) is 5.73 Å². The molecule has 1 aromatic carbocycles. The summed E-state index contributed by atoms with van der Waals surface area (Å²) in [6.45, 7) is 2.08. The molecular weight excluding hydrogens is 194 g/mol. The average Bonchev–Trinajstić information content (AvgIpc) is 2.56. The Morgan fingerprint density at radius 1 is 1.29 bits per heavy atom. The topological polar surface area (TPSA) is 51.8 Å². The van der Waals surface area contributed by atoms with Gasteiger partial charge in [-0.05, 0) is 24.0 Å². The number of aryl methyl sites for hydroxylation is 1. The minimum Gasteiger partial charge on any atom is -0.367 e. The summed E-state index contributed by atoms with van der Waals surface area (Å²) >= 11 is 1.36.